The van der Waals surface area contributed by atoms with Crippen molar-refractivity contribution in [3.8, 4) is 0 Å². The summed E-state index contributed by atoms with van der Waals surface area (Å²) in [4.78, 5) is 28.0. The van der Waals surface area contributed by atoms with Crippen molar-refractivity contribution in [1.82, 2.24) is 14.1 Å². The summed E-state index contributed by atoms with van der Waals surface area (Å²) in [5.74, 6) is -0.334. The summed E-state index contributed by atoms with van der Waals surface area (Å²) in [5.41, 5.74) is 0.869. The van der Waals surface area contributed by atoms with Gasteiger partial charge in [0, 0.05) is 19.6 Å². The number of hydrogen-bond acceptors (Lipinski definition) is 4. The number of nitrogens with zero attached hydrogens (tertiary/aromatic N) is 3. The lowest BCUT2D eigenvalue weighted by atomic mass is 10.1. The zero-order valence-electron chi connectivity index (χ0n) is 13.0. The standard InChI is InChI=1S/C15H19N3O4S/c1-11(12-6-4-3-5-7-12)18-14(19)13-10-16(23(2,21)22)8-9-17(13)15(18)20/h3-7,11,13H,8-10H2,1-2H3. The molecule has 2 aliphatic rings. The predicted molar refractivity (Wildman–Crippen MR) is 84.0 cm³/mol. The highest BCUT2D eigenvalue weighted by atomic mass is 32.2. The summed E-state index contributed by atoms with van der Waals surface area (Å²) in [6, 6.07) is 7.87. The number of rotatable bonds is 3. The Labute approximate surface area is 135 Å². The van der Waals surface area contributed by atoms with Gasteiger partial charge in [-0.3, -0.25) is 9.69 Å². The molecule has 3 amide bonds. The van der Waals surface area contributed by atoms with E-state index in [1.807, 2.05) is 30.3 Å². The van der Waals surface area contributed by atoms with Crippen molar-refractivity contribution in [1.29, 1.82) is 0 Å². The van der Waals surface area contributed by atoms with Crippen molar-refractivity contribution in [3.05, 3.63) is 35.9 Å². The molecule has 2 aliphatic heterocycles. The molecule has 7 nitrogen and oxygen atoms in total. The van der Waals surface area contributed by atoms with E-state index in [0.717, 1.165) is 11.8 Å². The van der Waals surface area contributed by atoms with Gasteiger partial charge in [0.05, 0.1) is 12.3 Å². The lowest BCUT2D eigenvalue weighted by molar-refractivity contribution is -0.130. The maximum absolute atomic E-state index is 12.7. The molecule has 1 aromatic rings. The second kappa shape index (κ2) is 5.61. The highest BCUT2D eigenvalue weighted by Gasteiger charge is 2.50. The van der Waals surface area contributed by atoms with Crippen LogP contribution in [0.3, 0.4) is 0 Å². The van der Waals surface area contributed by atoms with E-state index in [9.17, 15) is 18.0 Å². The van der Waals surface area contributed by atoms with E-state index < -0.39 is 16.1 Å². The number of sulfonamides is 1. The molecule has 124 valence electrons. The fourth-order valence-corrected chi connectivity index (χ4v) is 3.96. The Morgan fingerprint density at radius 3 is 2.39 bits per heavy atom. The maximum atomic E-state index is 12.7. The predicted octanol–water partition coefficient (Wildman–Crippen LogP) is 0.656. The van der Waals surface area contributed by atoms with E-state index in [-0.39, 0.29) is 37.6 Å². The molecular weight excluding hydrogens is 318 g/mol. The van der Waals surface area contributed by atoms with Crippen LogP contribution in [0.25, 0.3) is 0 Å². The molecule has 2 atom stereocenters. The van der Waals surface area contributed by atoms with Gasteiger partial charge in [0.25, 0.3) is 5.91 Å². The van der Waals surface area contributed by atoms with Gasteiger partial charge >= 0.3 is 6.03 Å². The molecule has 2 saturated heterocycles. The molecule has 2 heterocycles. The summed E-state index contributed by atoms with van der Waals surface area (Å²) in [6.45, 7) is 2.29. The second-order valence-corrected chi connectivity index (χ2v) is 7.89. The van der Waals surface area contributed by atoms with Gasteiger partial charge in [-0.1, -0.05) is 30.3 Å². The molecular formula is C15H19N3O4S. The molecule has 0 aromatic heterocycles. The Balaban J connectivity index is 1.86. The summed E-state index contributed by atoms with van der Waals surface area (Å²) in [6.07, 6.45) is 1.12. The van der Waals surface area contributed by atoms with Crippen molar-refractivity contribution in [3.63, 3.8) is 0 Å². The van der Waals surface area contributed by atoms with Gasteiger partial charge in [0.15, 0.2) is 0 Å². The number of piperazine rings is 1. The number of urea groups is 1. The lowest BCUT2D eigenvalue weighted by Crippen LogP contribution is -2.54. The molecule has 0 aliphatic carbocycles. The average Bonchev–Trinajstić information content (AvgIpc) is 2.78. The van der Waals surface area contributed by atoms with Crippen LogP contribution in [0.1, 0.15) is 18.5 Å². The third-order valence-electron chi connectivity index (χ3n) is 4.46. The van der Waals surface area contributed by atoms with Crippen LogP contribution in [0.2, 0.25) is 0 Å². The van der Waals surface area contributed by atoms with E-state index in [0.29, 0.717) is 0 Å². The number of hydrogen-bond donors (Lipinski definition) is 0. The minimum absolute atomic E-state index is 0.0292. The van der Waals surface area contributed by atoms with Crippen molar-refractivity contribution in [2.24, 2.45) is 0 Å². The Bertz CT molecular complexity index is 734. The molecule has 8 heteroatoms. The van der Waals surface area contributed by atoms with Gasteiger partial charge < -0.3 is 4.90 Å². The first-order valence-corrected chi connectivity index (χ1v) is 9.29. The van der Waals surface area contributed by atoms with Gasteiger partial charge in [-0.25, -0.2) is 13.2 Å². The minimum Gasteiger partial charge on any atom is -0.310 e. The van der Waals surface area contributed by atoms with Crippen molar-refractivity contribution >= 4 is 22.0 Å². The molecule has 3 rings (SSSR count). The Kier molecular flexibility index (Phi) is 3.89. The number of imide groups is 1. The lowest BCUT2D eigenvalue weighted by Gasteiger charge is -2.33. The quantitative estimate of drug-likeness (QED) is 0.759. The van der Waals surface area contributed by atoms with Crippen molar-refractivity contribution in [2.75, 3.05) is 25.9 Å². The molecule has 0 bridgehead atoms. The zero-order valence-corrected chi connectivity index (χ0v) is 13.9. The normalized spacial score (nSPS) is 24.0. The third-order valence-corrected chi connectivity index (χ3v) is 5.73. The van der Waals surface area contributed by atoms with Crippen LogP contribution in [0, 0.1) is 0 Å². The van der Waals surface area contributed by atoms with Crippen molar-refractivity contribution in [2.45, 2.75) is 19.0 Å². The van der Waals surface area contributed by atoms with Gasteiger partial charge in [-0.2, -0.15) is 4.31 Å². The highest BCUT2D eigenvalue weighted by molar-refractivity contribution is 7.88. The molecule has 0 N–H and O–H groups in total. The Morgan fingerprint density at radius 1 is 1.13 bits per heavy atom. The molecule has 2 unspecified atom stereocenters. The number of fused-ring (bicyclic) bond motifs is 1. The number of benzene rings is 1. The van der Waals surface area contributed by atoms with Gasteiger partial charge in [0.2, 0.25) is 10.0 Å². The van der Waals surface area contributed by atoms with Crippen molar-refractivity contribution < 1.29 is 18.0 Å². The Hall–Kier alpha value is -1.93. The molecule has 0 saturated carbocycles. The van der Waals surface area contributed by atoms with Crippen LogP contribution < -0.4 is 0 Å². The summed E-state index contributed by atoms with van der Waals surface area (Å²) >= 11 is 0. The molecule has 2 fully saturated rings. The molecule has 1 aromatic carbocycles. The fraction of sp³-hybridized carbons (Fsp3) is 0.467. The SMILES string of the molecule is CC(c1ccccc1)N1C(=O)C2CN(S(C)(=O)=O)CCN2C1=O. The molecule has 23 heavy (non-hydrogen) atoms. The van der Waals surface area contributed by atoms with E-state index in [1.165, 1.54) is 14.1 Å². The van der Waals surface area contributed by atoms with Gasteiger partial charge in [-0.15, -0.1) is 0 Å². The van der Waals surface area contributed by atoms with E-state index in [4.69, 9.17) is 0 Å². The molecule has 0 radical (unpaired) electrons. The van der Waals surface area contributed by atoms with Crippen LogP contribution in [0.4, 0.5) is 4.79 Å². The highest BCUT2D eigenvalue weighted by Crippen LogP contribution is 2.30. The van der Waals surface area contributed by atoms with E-state index >= 15 is 0 Å². The zero-order chi connectivity index (χ0) is 16.8. The first-order chi connectivity index (χ1) is 10.8. The fourth-order valence-electron chi connectivity index (χ4n) is 3.13. The minimum atomic E-state index is -3.37. The largest absolute Gasteiger partial charge is 0.328 e. The van der Waals surface area contributed by atoms with E-state index in [1.54, 1.807) is 6.92 Å². The van der Waals surface area contributed by atoms with E-state index in [2.05, 4.69) is 0 Å². The average molecular weight is 337 g/mol. The van der Waals surface area contributed by atoms with Crippen LogP contribution in [-0.2, 0) is 14.8 Å². The van der Waals surface area contributed by atoms with Crippen LogP contribution in [-0.4, -0.2) is 66.4 Å². The monoisotopic (exact) mass is 337 g/mol. The van der Waals surface area contributed by atoms with Crippen LogP contribution in [0.5, 0.6) is 0 Å². The summed E-state index contributed by atoms with van der Waals surface area (Å²) in [7, 11) is -3.37. The van der Waals surface area contributed by atoms with Gasteiger partial charge in [0.1, 0.15) is 6.04 Å². The van der Waals surface area contributed by atoms with Crippen LogP contribution >= 0.6 is 0 Å². The summed E-state index contributed by atoms with van der Waals surface area (Å²) in [5, 5.41) is 0. The topological polar surface area (TPSA) is 78.0 Å². The first-order valence-electron chi connectivity index (χ1n) is 7.44. The number of carbonyl (C=O) groups excluding carboxylic acids is 2. The number of carbonyl (C=O) groups is 2. The maximum Gasteiger partial charge on any atom is 0.328 e. The second-order valence-electron chi connectivity index (χ2n) is 5.91. The van der Waals surface area contributed by atoms with Gasteiger partial charge in [-0.05, 0) is 12.5 Å². The smallest absolute Gasteiger partial charge is 0.310 e. The number of amides is 3. The first kappa shape index (κ1) is 15.9. The molecule has 0 spiro atoms. The van der Waals surface area contributed by atoms with Crippen LogP contribution in [0.15, 0.2) is 30.3 Å². The Morgan fingerprint density at radius 2 is 1.78 bits per heavy atom. The summed E-state index contributed by atoms with van der Waals surface area (Å²) < 4.78 is 24.7. The third kappa shape index (κ3) is 2.72.